The lowest BCUT2D eigenvalue weighted by Crippen LogP contribution is -2.34. The lowest BCUT2D eigenvalue weighted by molar-refractivity contribution is -0.119. The van der Waals surface area contributed by atoms with Gasteiger partial charge >= 0.3 is 0 Å². The fourth-order valence-corrected chi connectivity index (χ4v) is 4.83. The van der Waals surface area contributed by atoms with E-state index in [0.717, 1.165) is 19.0 Å². The van der Waals surface area contributed by atoms with Gasteiger partial charge in [-0.3, -0.25) is 9.59 Å². The lowest BCUT2D eigenvalue weighted by Gasteiger charge is -2.22. The van der Waals surface area contributed by atoms with E-state index in [4.69, 9.17) is 0 Å². The van der Waals surface area contributed by atoms with Crippen LogP contribution in [0, 0.1) is 17.6 Å². The number of hydrogen-bond acceptors (Lipinski definition) is 6. The molecular weight excluding hydrogens is 492 g/mol. The Labute approximate surface area is 216 Å². The molecule has 0 atom stereocenters. The summed E-state index contributed by atoms with van der Waals surface area (Å²) >= 11 is 0. The van der Waals surface area contributed by atoms with Gasteiger partial charge in [-0.05, 0) is 44.7 Å². The van der Waals surface area contributed by atoms with Crippen LogP contribution in [0.3, 0.4) is 0 Å². The molecule has 0 saturated heterocycles. The van der Waals surface area contributed by atoms with Crippen LogP contribution in [0.15, 0.2) is 36.5 Å². The summed E-state index contributed by atoms with van der Waals surface area (Å²) in [6, 6.07) is 7.53. The molecule has 1 aromatic carbocycles. The van der Waals surface area contributed by atoms with E-state index in [2.05, 4.69) is 25.4 Å². The third kappa shape index (κ3) is 3.98. The molecule has 1 N–H and O–H groups in total. The summed E-state index contributed by atoms with van der Waals surface area (Å²) in [6.45, 7) is 4.05. The number of fused-ring (bicyclic) bond motifs is 2. The quantitative estimate of drug-likeness (QED) is 0.416. The summed E-state index contributed by atoms with van der Waals surface area (Å²) in [5.41, 5.74) is 0.326. The molecule has 1 saturated carbocycles. The predicted octanol–water partition coefficient (Wildman–Crippen LogP) is 3.93. The third-order valence-electron chi connectivity index (χ3n) is 7.16. The first-order valence-corrected chi connectivity index (χ1v) is 12.4. The maximum atomic E-state index is 14.4. The number of nitrogens with one attached hydrogen (secondary N) is 1. The van der Waals surface area contributed by atoms with Gasteiger partial charge in [0.05, 0.1) is 23.5 Å². The van der Waals surface area contributed by atoms with Gasteiger partial charge < -0.3 is 10.2 Å². The minimum Gasteiger partial charge on any atom is -0.340 e. The van der Waals surface area contributed by atoms with E-state index in [1.165, 1.54) is 16.8 Å². The van der Waals surface area contributed by atoms with Crippen molar-refractivity contribution in [2.75, 3.05) is 18.9 Å². The number of hydrogen-bond donors (Lipinski definition) is 1. The van der Waals surface area contributed by atoms with Crippen LogP contribution in [0.1, 0.15) is 48.3 Å². The molecule has 0 bridgehead atoms. The second-order valence-corrected chi connectivity index (χ2v) is 10.4. The average Bonchev–Trinajstić information content (AvgIpc) is 3.58. The Balaban J connectivity index is 1.52. The van der Waals surface area contributed by atoms with Crippen LogP contribution in [0.25, 0.3) is 22.6 Å². The summed E-state index contributed by atoms with van der Waals surface area (Å²) < 4.78 is 30.2. The summed E-state index contributed by atoms with van der Waals surface area (Å²) in [6.07, 6.45) is 3.19. The largest absolute Gasteiger partial charge is 0.340 e. The van der Waals surface area contributed by atoms with Gasteiger partial charge in [0.15, 0.2) is 11.5 Å². The molecule has 6 rings (SSSR count). The fourth-order valence-electron chi connectivity index (χ4n) is 4.83. The number of anilines is 1. The normalized spacial score (nSPS) is 16.0. The van der Waals surface area contributed by atoms with Crippen molar-refractivity contribution in [3.63, 3.8) is 0 Å². The molecule has 4 heterocycles. The third-order valence-corrected chi connectivity index (χ3v) is 7.16. The Morgan fingerprint density at radius 2 is 1.97 bits per heavy atom. The number of benzene rings is 1. The van der Waals surface area contributed by atoms with Gasteiger partial charge in [-0.1, -0.05) is 18.2 Å². The maximum absolute atomic E-state index is 14.4. The highest BCUT2D eigenvalue weighted by Gasteiger charge is 2.45. The number of aromatic nitrogens is 5. The molecule has 0 radical (unpaired) electrons. The van der Waals surface area contributed by atoms with E-state index >= 15 is 0 Å². The summed E-state index contributed by atoms with van der Waals surface area (Å²) in [5, 5.41) is 7.64. The van der Waals surface area contributed by atoms with Crippen molar-refractivity contribution >= 4 is 28.7 Å². The number of amides is 2. The topological polar surface area (TPSA) is 106 Å². The number of rotatable bonds is 6. The van der Waals surface area contributed by atoms with Crippen molar-refractivity contribution in [2.45, 2.75) is 38.6 Å². The van der Waals surface area contributed by atoms with Gasteiger partial charge in [0, 0.05) is 24.7 Å². The van der Waals surface area contributed by atoms with Crippen LogP contribution in [0.4, 0.5) is 14.6 Å². The minimum absolute atomic E-state index is 0.0342. The Hall–Kier alpha value is -4.28. The maximum Gasteiger partial charge on any atom is 0.272 e. The van der Waals surface area contributed by atoms with Crippen LogP contribution in [0.5, 0.6) is 0 Å². The van der Waals surface area contributed by atoms with Gasteiger partial charge in [-0.25, -0.2) is 28.4 Å². The first-order chi connectivity index (χ1) is 18.1. The minimum atomic E-state index is -1.03. The number of halogens is 2. The van der Waals surface area contributed by atoms with Gasteiger partial charge in [0.2, 0.25) is 5.91 Å². The van der Waals surface area contributed by atoms with E-state index in [9.17, 15) is 18.4 Å². The second kappa shape index (κ2) is 8.64. The standard InChI is InChI=1S/C27H25F2N7O2/c1-27(2)19-21(25(37)35(3)12-14-8-9-14)31-23(32-22(19)33-26(27)38)20-17-10-16(28)11-30-24(17)36(34-20)13-15-6-4-5-7-18(15)29/h4-7,10-11,14H,8-9,12-13H2,1-3H3,(H,31,32,33,38). The van der Waals surface area contributed by atoms with Gasteiger partial charge in [0.25, 0.3) is 5.91 Å². The molecule has 2 aliphatic rings. The van der Waals surface area contributed by atoms with Crippen molar-refractivity contribution in [3.05, 3.63) is 65.0 Å². The summed E-state index contributed by atoms with van der Waals surface area (Å²) in [4.78, 5) is 41.4. The average molecular weight is 518 g/mol. The molecule has 194 valence electrons. The number of carbonyl (C=O) groups is 2. The predicted molar refractivity (Wildman–Crippen MR) is 135 cm³/mol. The SMILES string of the molecule is CN(CC1CC1)C(=O)c1nc(-c2nn(Cc3ccccc3F)c3ncc(F)cc23)nc2c1C(C)(C)C(=O)N2. The highest BCUT2D eigenvalue weighted by Crippen LogP contribution is 2.40. The lowest BCUT2D eigenvalue weighted by atomic mass is 9.85. The first kappa shape index (κ1) is 24.1. The zero-order chi connectivity index (χ0) is 26.8. The summed E-state index contributed by atoms with van der Waals surface area (Å²) in [5.74, 6) is -0.936. The molecule has 3 aromatic heterocycles. The van der Waals surface area contributed by atoms with Crippen molar-refractivity contribution in [3.8, 4) is 11.5 Å². The first-order valence-electron chi connectivity index (χ1n) is 12.4. The smallest absolute Gasteiger partial charge is 0.272 e. The molecule has 11 heteroatoms. The molecule has 1 fully saturated rings. The molecule has 1 aliphatic carbocycles. The van der Waals surface area contributed by atoms with Crippen molar-refractivity contribution < 1.29 is 18.4 Å². The fraction of sp³-hybridized carbons (Fsp3) is 0.333. The van der Waals surface area contributed by atoms with Crippen LogP contribution in [-0.4, -0.2) is 55.0 Å². The highest BCUT2D eigenvalue weighted by molar-refractivity contribution is 6.09. The second-order valence-electron chi connectivity index (χ2n) is 10.4. The number of pyridine rings is 1. The Morgan fingerprint density at radius 3 is 2.71 bits per heavy atom. The van der Waals surface area contributed by atoms with E-state index in [1.54, 1.807) is 44.0 Å². The van der Waals surface area contributed by atoms with E-state index in [1.807, 2.05) is 0 Å². The number of nitrogens with zero attached hydrogens (tertiary/aromatic N) is 6. The van der Waals surface area contributed by atoms with Gasteiger partial charge in [-0.2, -0.15) is 5.10 Å². The van der Waals surface area contributed by atoms with Crippen LogP contribution in [-0.2, 0) is 16.8 Å². The molecule has 1 aliphatic heterocycles. The zero-order valence-corrected chi connectivity index (χ0v) is 21.1. The Kier molecular flexibility index (Phi) is 5.48. The molecule has 0 unspecified atom stereocenters. The van der Waals surface area contributed by atoms with E-state index < -0.39 is 17.0 Å². The van der Waals surface area contributed by atoms with Gasteiger partial charge in [0.1, 0.15) is 28.8 Å². The monoisotopic (exact) mass is 517 g/mol. The Bertz CT molecular complexity index is 1630. The molecule has 0 spiro atoms. The molecule has 2 amide bonds. The summed E-state index contributed by atoms with van der Waals surface area (Å²) in [7, 11) is 1.71. The van der Waals surface area contributed by atoms with Crippen LogP contribution >= 0.6 is 0 Å². The van der Waals surface area contributed by atoms with E-state index in [-0.39, 0.29) is 41.4 Å². The van der Waals surface area contributed by atoms with Crippen molar-refractivity contribution in [1.82, 2.24) is 29.6 Å². The van der Waals surface area contributed by atoms with Crippen LogP contribution in [0.2, 0.25) is 0 Å². The highest BCUT2D eigenvalue weighted by atomic mass is 19.1. The molecule has 4 aromatic rings. The Morgan fingerprint density at radius 1 is 1.21 bits per heavy atom. The molecule has 38 heavy (non-hydrogen) atoms. The van der Waals surface area contributed by atoms with Crippen molar-refractivity contribution in [2.24, 2.45) is 5.92 Å². The molecule has 9 nitrogen and oxygen atoms in total. The van der Waals surface area contributed by atoms with Gasteiger partial charge in [-0.15, -0.1) is 0 Å². The van der Waals surface area contributed by atoms with Crippen LogP contribution < -0.4 is 5.32 Å². The zero-order valence-electron chi connectivity index (χ0n) is 21.1. The molecular formula is C27H25F2N7O2. The number of carbonyl (C=O) groups excluding carboxylic acids is 2. The van der Waals surface area contributed by atoms with Crippen molar-refractivity contribution in [1.29, 1.82) is 0 Å². The van der Waals surface area contributed by atoms with E-state index in [0.29, 0.717) is 34.6 Å².